The van der Waals surface area contributed by atoms with E-state index in [1.807, 2.05) is 32.0 Å². The number of hydrogen-bond acceptors (Lipinski definition) is 3. The van der Waals surface area contributed by atoms with Crippen LogP contribution in [0.5, 0.6) is 0 Å². The molecule has 0 aliphatic heterocycles. The zero-order chi connectivity index (χ0) is 14.0. The molecule has 2 aromatic rings. The molecule has 0 bridgehead atoms. The summed E-state index contributed by atoms with van der Waals surface area (Å²) in [7, 11) is 0. The zero-order valence-corrected chi connectivity index (χ0v) is 11.2. The highest BCUT2D eigenvalue weighted by Crippen LogP contribution is 2.24. The van der Waals surface area contributed by atoms with E-state index in [1.165, 1.54) is 6.26 Å². The Labute approximate surface area is 112 Å². The number of nitriles is 1. The molecule has 1 atom stereocenters. The lowest BCUT2D eigenvalue weighted by molar-refractivity contribution is 0.0977. The SMILES string of the molecule is Cc1ccc(C(C#N)C(=O)c2ccoc2C)cc1C. The molecule has 0 N–H and O–H groups in total. The van der Waals surface area contributed by atoms with Crippen molar-refractivity contribution in [2.24, 2.45) is 0 Å². The standard InChI is InChI=1S/C16H15NO2/c1-10-4-5-13(8-11(10)2)15(9-17)16(18)14-6-7-19-12(14)3/h4-8,15H,1-3H3. The van der Waals surface area contributed by atoms with Crippen LogP contribution in [0.25, 0.3) is 0 Å². The van der Waals surface area contributed by atoms with E-state index in [9.17, 15) is 10.1 Å². The molecule has 1 aromatic carbocycles. The van der Waals surface area contributed by atoms with Crippen molar-refractivity contribution >= 4 is 5.78 Å². The van der Waals surface area contributed by atoms with Gasteiger partial charge in [-0.05, 0) is 43.5 Å². The lowest BCUT2D eigenvalue weighted by Crippen LogP contribution is -2.11. The molecule has 3 nitrogen and oxygen atoms in total. The minimum absolute atomic E-state index is 0.211. The highest BCUT2D eigenvalue weighted by molar-refractivity contribution is 6.03. The number of carbonyl (C=O) groups excluding carboxylic acids is 1. The molecule has 0 aliphatic rings. The van der Waals surface area contributed by atoms with E-state index in [-0.39, 0.29) is 5.78 Å². The first-order chi connectivity index (χ1) is 9.04. The van der Waals surface area contributed by atoms with Gasteiger partial charge in [-0.25, -0.2) is 0 Å². The summed E-state index contributed by atoms with van der Waals surface area (Å²) in [4.78, 5) is 12.4. The van der Waals surface area contributed by atoms with Crippen LogP contribution in [0.1, 0.15) is 38.7 Å². The van der Waals surface area contributed by atoms with Crippen LogP contribution < -0.4 is 0 Å². The zero-order valence-electron chi connectivity index (χ0n) is 11.2. The molecule has 1 aromatic heterocycles. The number of Topliss-reactive ketones (excluding diaryl/α,β-unsaturated/α-hetero) is 1. The Hall–Kier alpha value is -2.34. The highest BCUT2D eigenvalue weighted by atomic mass is 16.3. The molecular formula is C16H15NO2. The summed E-state index contributed by atoms with van der Waals surface area (Å²) in [6.45, 7) is 5.70. The van der Waals surface area contributed by atoms with Gasteiger partial charge in [0.25, 0.3) is 0 Å². The highest BCUT2D eigenvalue weighted by Gasteiger charge is 2.24. The van der Waals surface area contributed by atoms with E-state index >= 15 is 0 Å². The third-order valence-electron chi connectivity index (χ3n) is 3.38. The van der Waals surface area contributed by atoms with Crippen LogP contribution in [-0.4, -0.2) is 5.78 Å². The maximum atomic E-state index is 12.4. The van der Waals surface area contributed by atoms with E-state index in [2.05, 4.69) is 6.07 Å². The Bertz CT molecular complexity index is 662. The molecule has 96 valence electrons. The Balaban J connectivity index is 2.41. The van der Waals surface area contributed by atoms with Gasteiger partial charge in [0.05, 0.1) is 17.9 Å². The molecule has 2 rings (SSSR count). The predicted octanol–water partition coefficient (Wildman–Crippen LogP) is 3.69. The maximum Gasteiger partial charge on any atom is 0.187 e. The molecular weight excluding hydrogens is 238 g/mol. The number of carbonyl (C=O) groups is 1. The quantitative estimate of drug-likeness (QED) is 0.784. The third kappa shape index (κ3) is 2.43. The van der Waals surface area contributed by atoms with Crippen molar-refractivity contribution in [3.8, 4) is 6.07 Å². The molecule has 1 unspecified atom stereocenters. The van der Waals surface area contributed by atoms with Gasteiger partial charge in [0, 0.05) is 0 Å². The van der Waals surface area contributed by atoms with E-state index in [1.54, 1.807) is 13.0 Å². The summed E-state index contributed by atoms with van der Waals surface area (Å²) < 4.78 is 5.13. The smallest absolute Gasteiger partial charge is 0.187 e. The Kier molecular flexibility index (Phi) is 3.52. The molecule has 19 heavy (non-hydrogen) atoms. The van der Waals surface area contributed by atoms with Gasteiger partial charge in [-0.2, -0.15) is 5.26 Å². The second-order valence-electron chi connectivity index (χ2n) is 4.66. The molecule has 0 radical (unpaired) electrons. The van der Waals surface area contributed by atoms with Crippen molar-refractivity contribution in [3.05, 3.63) is 58.5 Å². The second-order valence-corrected chi connectivity index (χ2v) is 4.66. The first-order valence-electron chi connectivity index (χ1n) is 6.09. The first-order valence-corrected chi connectivity index (χ1v) is 6.09. The molecule has 3 heteroatoms. The predicted molar refractivity (Wildman–Crippen MR) is 72.0 cm³/mol. The topological polar surface area (TPSA) is 54.0 Å². The largest absolute Gasteiger partial charge is 0.469 e. The summed E-state index contributed by atoms with van der Waals surface area (Å²) in [6.07, 6.45) is 1.47. The number of ketones is 1. The van der Waals surface area contributed by atoms with Gasteiger partial charge in [0.15, 0.2) is 5.78 Å². The number of aryl methyl sites for hydroxylation is 3. The van der Waals surface area contributed by atoms with Gasteiger partial charge in [-0.3, -0.25) is 4.79 Å². The molecule has 1 heterocycles. The van der Waals surface area contributed by atoms with Gasteiger partial charge in [-0.15, -0.1) is 0 Å². The summed E-state index contributed by atoms with van der Waals surface area (Å²) >= 11 is 0. The van der Waals surface area contributed by atoms with Gasteiger partial charge in [0.1, 0.15) is 11.7 Å². The number of rotatable bonds is 3. The average Bonchev–Trinajstić information content (AvgIpc) is 2.80. The fraction of sp³-hybridized carbons (Fsp3) is 0.250. The first kappa shape index (κ1) is 13.1. The third-order valence-corrected chi connectivity index (χ3v) is 3.38. The summed E-state index contributed by atoms with van der Waals surface area (Å²) in [5, 5.41) is 9.30. The normalized spacial score (nSPS) is 11.9. The summed E-state index contributed by atoms with van der Waals surface area (Å²) in [6, 6.07) is 9.37. The van der Waals surface area contributed by atoms with Crippen molar-refractivity contribution in [2.45, 2.75) is 26.7 Å². The van der Waals surface area contributed by atoms with E-state index < -0.39 is 5.92 Å². The van der Waals surface area contributed by atoms with Gasteiger partial charge in [-0.1, -0.05) is 18.2 Å². The monoisotopic (exact) mass is 253 g/mol. The Morgan fingerprint density at radius 3 is 2.47 bits per heavy atom. The molecule has 0 aliphatic carbocycles. The summed E-state index contributed by atoms with van der Waals surface area (Å²) in [5.74, 6) is -0.443. The van der Waals surface area contributed by atoms with Crippen molar-refractivity contribution in [2.75, 3.05) is 0 Å². The lowest BCUT2D eigenvalue weighted by atomic mass is 9.90. The molecule has 0 saturated carbocycles. The van der Waals surface area contributed by atoms with Gasteiger partial charge < -0.3 is 4.42 Å². The summed E-state index contributed by atoms with van der Waals surface area (Å²) in [5.41, 5.74) is 3.43. The van der Waals surface area contributed by atoms with Crippen LogP contribution in [0.4, 0.5) is 0 Å². The minimum Gasteiger partial charge on any atom is -0.469 e. The van der Waals surface area contributed by atoms with E-state index in [0.717, 1.165) is 16.7 Å². The van der Waals surface area contributed by atoms with Gasteiger partial charge >= 0.3 is 0 Å². The molecule has 0 spiro atoms. The maximum absolute atomic E-state index is 12.4. The lowest BCUT2D eigenvalue weighted by Gasteiger charge is -2.10. The van der Waals surface area contributed by atoms with Crippen LogP contribution in [0, 0.1) is 32.1 Å². The fourth-order valence-electron chi connectivity index (χ4n) is 2.02. The van der Waals surface area contributed by atoms with Crippen LogP contribution in [0.2, 0.25) is 0 Å². The minimum atomic E-state index is -0.782. The molecule has 0 fully saturated rings. The van der Waals surface area contributed by atoms with Crippen molar-refractivity contribution in [1.82, 2.24) is 0 Å². The second kappa shape index (κ2) is 5.11. The Morgan fingerprint density at radius 2 is 1.95 bits per heavy atom. The fourth-order valence-corrected chi connectivity index (χ4v) is 2.02. The van der Waals surface area contributed by atoms with Crippen LogP contribution in [-0.2, 0) is 0 Å². The van der Waals surface area contributed by atoms with Crippen molar-refractivity contribution < 1.29 is 9.21 Å². The molecule has 0 amide bonds. The van der Waals surface area contributed by atoms with Crippen LogP contribution in [0.15, 0.2) is 34.9 Å². The van der Waals surface area contributed by atoms with Crippen molar-refractivity contribution in [1.29, 1.82) is 5.26 Å². The van der Waals surface area contributed by atoms with Crippen LogP contribution in [0.3, 0.4) is 0 Å². The Morgan fingerprint density at radius 1 is 1.21 bits per heavy atom. The number of furan rings is 1. The number of benzene rings is 1. The van der Waals surface area contributed by atoms with Crippen LogP contribution >= 0.6 is 0 Å². The van der Waals surface area contributed by atoms with Gasteiger partial charge in [0.2, 0.25) is 0 Å². The van der Waals surface area contributed by atoms with E-state index in [4.69, 9.17) is 4.42 Å². The molecule has 0 saturated heterocycles. The van der Waals surface area contributed by atoms with Crippen molar-refractivity contribution in [3.63, 3.8) is 0 Å². The number of hydrogen-bond donors (Lipinski definition) is 0. The van der Waals surface area contributed by atoms with E-state index in [0.29, 0.717) is 11.3 Å². The average molecular weight is 253 g/mol. The number of nitrogens with zero attached hydrogens (tertiary/aromatic N) is 1.